The lowest BCUT2D eigenvalue weighted by Gasteiger charge is -2.28. The minimum atomic E-state index is 0.439. The number of pyridine rings is 1. The average Bonchev–Trinajstić information content (AvgIpc) is 2.40. The number of aromatic nitrogens is 1. The second-order valence-electron chi connectivity index (χ2n) is 4.80. The van der Waals surface area contributed by atoms with Crippen molar-refractivity contribution in [1.82, 2.24) is 4.98 Å². The van der Waals surface area contributed by atoms with Gasteiger partial charge in [0.25, 0.3) is 0 Å². The van der Waals surface area contributed by atoms with E-state index in [1.807, 2.05) is 13.1 Å². The molecular formula is C13H20ClN3O. The Morgan fingerprint density at radius 2 is 2.44 bits per heavy atom. The van der Waals surface area contributed by atoms with E-state index in [0.717, 1.165) is 37.6 Å². The molecule has 0 spiro atoms. The molecular weight excluding hydrogens is 250 g/mol. The van der Waals surface area contributed by atoms with Crippen molar-refractivity contribution in [2.75, 3.05) is 31.7 Å². The van der Waals surface area contributed by atoms with Gasteiger partial charge in [-0.1, -0.05) is 11.6 Å². The van der Waals surface area contributed by atoms with E-state index in [-0.39, 0.29) is 0 Å². The normalized spacial score (nSPS) is 19.8. The van der Waals surface area contributed by atoms with Crippen LogP contribution in [0.3, 0.4) is 0 Å². The Balaban J connectivity index is 2.01. The first-order valence-electron chi connectivity index (χ1n) is 6.34. The standard InChI is InChI=1S/C13H20ClN3O/c1-17(8-10-3-2-4-18-9-10)13-5-11(6-15)12(14)7-16-13/h5,7,10H,2-4,6,8-9,15H2,1H3. The number of anilines is 1. The van der Waals surface area contributed by atoms with Crippen LogP contribution in [0.2, 0.25) is 5.02 Å². The van der Waals surface area contributed by atoms with E-state index in [9.17, 15) is 0 Å². The predicted octanol–water partition coefficient (Wildman–Crippen LogP) is 2.06. The molecule has 0 aliphatic carbocycles. The molecule has 1 aromatic heterocycles. The molecule has 2 rings (SSSR count). The summed E-state index contributed by atoms with van der Waals surface area (Å²) in [4.78, 5) is 6.50. The quantitative estimate of drug-likeness (QED) is 0.909. The maximum absolute atomic E-state index is 6.01. The molecule has 1 aliphatic rings. The van der Waals surface area contributed by atoms with Crippen molar-refractivity contribution >= 4 is 17.4 Å². The van der Waals surface area contributed by atoms with Crippen LogP contribution in [-0.2, 0) is 11.3 Å². The van der Waals surface area contributed by atoms with Crippen molar-refractivity contribution in [2.45, 2.75) is 19.4 Å². The van der Waals surface area contributed by atoms with Gasteiger partial charge in [0.05, 0.1) is 11.6 Å². The molecule has 1 aliphatic heterocycles. The van der Waals surface area contributed by atoms with E-state index in [4.69, 9.17) is 22.1 Å². The third-order valence-electron chi connectivity index (χ3n) is 3.32. The molecule has 0 radical (unpaired) electrons. The van der Waals surface area contributed by atoms with Crippen LogP contribution in [0.5, 0.6) is 0 Å². The van der Waals surface area contributed by atoms with Gasteiger partial charge in [-0.15, -0.1) is 0 Å². The molecule has 1 unspecified atom stereocenters. The largest absolute Gasteiger partial charge is 0.381 e. The number of hydrogen-bond donors (Lipinski definition) is 1. The summed E-state index contributed by atoms with van der Waals surface area (Å²) in [6.07, 6.45) is 4.05. The molecule has 1 saturated heterocycles. The number of nitrogens with zero attached hydrogens (tertiary/aromatic N) is 2. The molecule has 100 valence electrons. The Morgan fingerprint density at radius 1 is 1.61 bits per heavy atom. The van der Waals surface area contributed by atoms with Crippen LogP contribution in [-0.4, -0.2) is 31.8 Å². The minimum Gasteiger partial charge on any atom is -0.381 e. The number of hydrogen-bond acceptors (Lipinski definition) is 4. The molecule has 1 aromatic rings. The minimum absolute atomic E-state index is 0.439. The third-order valence-corrected chi connectivity index (χ3v) is 3.66. The van der Waals surface area contributed by atoms with E-state index in [0.29, 0.717) is 17.5 Å². The van der Waals surface area contributed by atoms with Gasteiger partial charge in [0.1, 0.15) is 5.82 Å². The van der Waals surface area contributed by atoms with Crippen molar-refractivity contribution in [3.63, 3.8) is 0 Å². The molecule has 2 N–H and O–H groups in total. The summed E-state index contributed by atoms with van der Waals surface area (Å²) >= 11 is 6.01. The topological polar surface area (TPSA) is 51.4 Å². The van der Waals surface area contributed by atoms with E-state index < -0.39 is 0 Å². The molecule has 0 aromatic carbocycles. The average molecular weight is 270 g/mol. The van der Waals surface area contributed by atoms with Gasteiger partial charge < -0.3 is 15.4 Å². The maximum Gasteiger partial charge on any atom is 0.128 e. The fourth-order valence-corrected chi connectivity index (χ4v) is 2.45. The summed E-state index contributed by atoms with van der Waals surface area (Å²) in [5.41, 5.74) is 6.59. The summed E-state index contributed by atoms with van der Waals surface area (Å²) in [5, 5.41) is 0.635. The molecule has 18 heavy (non-hydrogen) atoms. The van der Waals surface area contributed by atoms with E-state index >= 15 is 0 Å². The highest BCUT2D eigenvalue weighted by atomic mass is 35.5. The Hall–Kier alpha value is -0.840. The second-order valence-corrected chi connectivity index (χ2v) is 5.21. The highest BCUT2D eigenvalue weighted by Crippen LogP contribution is 2.21. The first-order chi connectivity index (χ1) is 8.70. The van der Waals surface area contributed by atoms with Crippen LogP contribution >= 0.6 is 11.6 Å². The van der Waals surface area contributed by atoms with Gasteiger partial charge in [0.15, 0.2) is 0 Å². The van der Waals surface area contributed by atoms with Crippen molar-refractivity contribution in [2.24, 2.45) is 11.7 Å². The van der Waals surface area contributed by atoms with Crippen LogP contribution in [0.4, 0.5) is 5.82 Å². The molecule has 2 heterocycles. The Morgan fingerprint density at radius 3 is 3.11 bits per heavy atom. The maximum atomic E-state index is 6.01. The molecule has 1 fully saturated rings. The highest BCUT2D eigenvalue weighted by Gasteiger charge is 2.17. The van der Waals surface area contributed by atoms with Crippen LogP contribution in [0.15, 0.2) is 12.3 Å². The Bertz CT molecular complexity index is 394. The number of halogens is 1. The number of rotatable bonds is 4. The molecule has 0 amide bonds. The zero-order valence-corrected chi connectivity index (χ0v) is 11.5. The fourth-order valence-electron chi connectivity index (χ4n) is 2.27. The zero-order valence-electron chi connectivity index (χ0n) is 10.7. The van der Waals surface area contributed by atoms with E-state index in [1.54, 1.807) is 6.20 Å². The van der Waals surface area contributed by atoms with Gasteiger partial charge in [-0.2, -0.15) is 0 Å². The van der Waals surface area contributed by atoms with Crippen LogP contribution in [0, 0.1) is 5.92 Å². The van der Waals surface area contributed by atoms with Gasteiger partial charge in [-0.3, -0.25) is 0 Å². The first kappa shape index (κ1) is 13.6. The Kier molecular flexibility index (Phi) is 4.80. The van der Waals surface area contributed by atoms with E-state index in [2.05, 4.69) is 9.88 Å². The molecule has 0 bridgehead atoms. The van der Waals surface area contributed by atoms with Crippen molar-refractivity contribution in [3.05, 3.63) is 22.8 Å². The summed E-state index contributed by atoms with van der Waals surface area (Å²) in [6, 6.07) is 1.96. The van der Waals surface area contributed by atoms with Gasteiger partial charge in [-0.25, -0.2) is 4.98 Å². The number of ether oxygens (including phenoxy) is 1. The smallest absolute Gasteiger partial charge is 0.128 e. The summed E-state index contributed by atoms with van der Waals surface area (Å²) in [7, 11) is 2.05. The van der Waals surface area contributed by atoms with Crippen LogP contribution < -0.4 is 10.6 Å². The molecule has 4 nitrogen and oxygen atoms in total. The van der Waals surface area contributed by atoms with Gasteiger partial charge >= 0.3 is 0 Å². The van der Waals surface area contributed by atoms with Crippen molar-refractivity contribution < 1.29 is 4.74 Å². The lowest BCUT2D eigenvalue weighted by Crippen LogP contribution is -2.31. The second kappa shape index (κ2) is 6.36. The first-order valence-corrected chi connectivity index (χ1v) is 6.72. The number of nitrogens with two attached hydrogens (primary N) is 1. The SMILES string of the molecule is CN(CC1CCCOC1)c1cc(CN)c(Cl)cn1. The van der Waals surface area contributed by atoms with E-state index in [1.165, 1.54) is 6.42 Å². The highest BCUT2D eigenvalue weighted by molar-refractivity contribution is 6.31. The molecule has 0 saturated carbocycles. The zero-order chi connectivity index (χ0) is 13.0. The van der Waals surface area contributed by atoms with Gasteiger partial charge in [0, 0.05) is 32.9 Å². The lowest BCUT2D eigenvalue weighted by molar-refractivity contribution is 0.0576. The molecule has 1 atom stereocenters. The van der Waals surface area contributed by atoms with Gasteiger partial charge in [0.2, 0.25) is 0 Å². The van der Waals surface area contributed by atoms with Crippen molar-refractivity contribution in [1.29, 1.82) is 0 Å². The summed E-state index contributed by atoms with van der Waals surface area (Å²) in [6.45, 7) is 3.14. The lowest BCUT2D eigenvalue weighted by atomic mass is 10.0. The predicted molar refractivity (Wildman–Crippen MR) is 74.0 cm³/mol. The summed E-state index contributed by atoms with van der Waals surface area (Å²) in [5.74, 6) is 1.51. The van der Waals surface area contributed by atoms with Gasteiger partial charge in [-0.05, 0) is 30.4 Å². The van der Waals surface area contributed by atoms with Crippen LogP contribution in [0.1, 0.15) is 18.4 Å². The van der Waals surface area contributed by atoms with Crippen LogP contribution in [0.25, 0.3) is 0 Å². The molecule has 5 heteroatoms. The summed E-state index contributed by atoms with van der Waals surface area (Å²) < 4.78 is 5.49. The monoisotopic (exact) mass is 269 g/mol. The van der Waals surface area contributed by atoms with Crippen molar-refractivity contribution in [3.8, 4) is 0 Å². The third kappa shape index (κ3) is 3.34. The Labute approximate surface area is 113 Å². The fraction of sp³-hybridized carbons (Fsp3) is 0.615.